The fraction of sp³-hybridized carbons (Fsp3) is 0.353. The molecule has 7 heteroatoms. The Morgan fingerprint density at radius 3 is 2.92 bits per heavy atom. The summed E-state index contributed by atoms with van der Waals surface area (Å²) >= 11 is 6.18. The lowest BCUT2D eigenvalue weighted by molar-refractivity contribution is -0.128. The molecule has 1 fully saturated rings. The number of likely N-dealkylation sites (tertiary alicyclic amines) is 1. The number of aromatic nitrogens is 2. The Balaban J connectivity index is 1.57. The van der Waals surface area contributed by atoms with Crippen molar-refractivity contribution >= 4 is 29.3 Å². The second-order valence-corrected chi connectivity index (χ2v) is 6.48. The number of amides is 1. The van der Waals surface area contributed by atoms with Crippen molar-refractivity contribution in [2.45, 2.75) is 19.9 Å². The van der Waals surface area contributed by atoms with E-state index >= 15 is 0 Å². The molecule has 1 saturated heterocycles. The normalized spacial score (nSPS) is 17.3. The topological polar surface area (TPSA) is 84.1 Å². The fourth-order valence-corrected chi connectivity index (χ4v) is 3.10. The first-order valence-electron chi connectivity index (χ1n) is 7.87. The number of carbonyl (C=O) groups excluding carboxylic acids is 1. The van der Waals surface area contributed by atoms with E-state index in [0.717, 1.165) is 11.3 Å². The van der Waals surface area contributed by atoms with E-state index in [1.807, 2.05) is 42.2 Å². The lowest BCUT2D eigenvalue weighted by atomic mass is 10.1. The summed E-state index contributed by atoms with van der Waals surface area (Å²) in [6, 6.07) is 9.46. The largest absolute Gasteiger partial charge is 0.370 e. The molecule has 0 radical (unpaired) electrons. The second kappa shape index (κ2) is 7.05. The molecule has 1 aliphatic heterocycles. The number of nitrogens with one attached hydrogen (secondary N) is 1. The molecule has 0 unspecified atom stereocenters. The van der Waals surface area contributed by atoms with E-state index in [1.54, 1.807) is 0 Å². The van der Waals surface area contributed by atoms with Gasteiger partial charge in [-0.2, -0.15) is 4.98 Å². The molecule has 0 aliphatic carbocycles. The third-order valence-electron chi connectivity index (χ3n) is 4.06. The predicted molar refractivity (Wildman–Crippen MR) is 94.6 cm³/mol. The van der Waals surface area contributed by atoms with Gasteiger partial charge in [-0.3, -0.25) is 4.79 Å². The van der Waals surface area contributed by atoms with Crippen LogP contribution in [0.1, 0.15) is 17.7 Å². The van der Waals surface area contributed by atoms with Crippen LogP contribution in [0.15, 0.2) is 30.3 Å². The van der Waals surface area contributed by atoms with Gasteiger partial charge in [0, 0.05) is 48.8 Å². The summed E-state index contributed by atoms with van der Waals surface area (Å²) in [5.74, 6) is 1.33. The highest BCUT2D eigenvalue weighted by molar-refractivity contribution is 6.31. The van der Waals surface area contributed by atoms with Gasteiger partial charge in [0.05, 0.1) is 0 Å². The van der Waals surface area contributed by atoms with Crippen molar-refractivity contribution in [2.24, 2.45) is 5.92 Å². The van der Waals surface area contributed by atoms with Crippen LogP contribution in [-0.4, -0.2) is 33.9 Å². The van der Waals surface area contributed by atoms with Gasteiger partial charge < -0.3 is 16.0 Å². The highest BCUT2D eigenvalue weighted by Gasteiger charge is 2.29. The third-order valence-corrected chi connectivity index (χ3v) is 4.43. The quantitative estimate of drug-likeness (QED) is 0.869. The van der Waals surface area contributed by atoms with Crippen molar-refractivity contribution in [1.29, 1.82) is 0 Å². The molecule has 3 N–H and O–H groups in total. The molecule has 1 amide bonds. The standard InChI is InChI=1S/C17H20ClN5O/c1-11-6-15(22-17(19)21-11)20-8-12-7-16(24)23(9-12)10-13-4-2-3-5-14(13)18/h2-6,12H,7-10H2,1H3,(H3,19,20,21,22)/t12-/m1/s1. The number of rotatable bonds is 5. The first-order chi connectivity index (χ1) is 11.5. The Bertz CT molecular complexity index is 731. The van der Waals surface area contributed by atoms with Crippen molar-refractivity contribution in [2.75, 3.05) is 24.1 Å². The first kappa shape index (κ1) is 16.5. The van der Waals surface area contributed by atoms with Crippen molar-refractivity contribution in [1.82, 2.24) is 14.9 Å². The number of nitrogens with zero attached hydrogens (tertiary/aromatic N) is 3. The molecule has 0 bridgehead atoms. The molecule has 1 atom stereocenters. The minimum absolute atomic E-state index is 0.153. The van der Waals surface area contributed by atoms with E-state index in [-0.39, 0.29) is 17.8 Å². The molecule has 1 aromatic heterocycles. The first-order valence-corrected chi connectivity index (χ1v) is 8.25. The van der Waals surface area contributed by atoms with E-state index in [9.17, 15) is 4.79 Å². The van der Waals surface area contributed by atoms with Gasteiger partial charge in [-0.05, 0) is 18.6 Å². The Kier molecular flexibility index (Phi) is 4.85. The summed E-state index contributed by atoms with van der Waals surface area (Å²) < 4.78 is 0. The number of nitrogen functional groups attached to an aromatic ring is 1. The van der Waals surface area contributed by atoms with Gasteiger partial charge in [-0.1, -0.05) is 29.8 Å². The number of nitrogens with two attached hydrogens (primary N) is 1. The summed E-state index contributed by atoms with van der Waals surface area (Å²) in [7, 11) is 0. The number of halogens is 1. The summed E-state index contributed by atoms with van der Waals surface area (Å²) in [6.45, 7) is 3.79. The molecular formula is C17H20ClN5O. The molecule has 1 aliphatic rings. The number of aryl methyl sites for hydroxylation is 1. The maximum atomic E-state index is 12.2. The predicted octanol–water partition coefficient (Wildman–Crippen LogP) is 2.48. The Morgan fingerprint density at radius 2 is 2.17 bits per heavy atom. The van der Waals surface area contributed by atoms with Crippen LogP contribution in [0.4, 0.5) is 11.8 Å². The molecular weight excluding hydrogens is 326 g/mol. The molecule has 0 saturated carbocycles. The minimum atomic E-state index is 0.153. The van der Waals surface area contributed by atoms with Gasteiger partial charge in [-0.25, -0.2) is 4.98 Å². The smallest absolute Gasteiger partial charge is 0.223 e. The number of carbonyl (C=O) groups is 1. The monoisotopic (exact) mass is 345 g/mol. The van der Waals surface area contributed by atoms with Gasteiger partial charge in [0.25, 0.3) is 0 Å². The van der Waals surface area contributed by atoms with Gasteiger partial charge >= 0.3 is 0 Å². The minimum Gasteiger partial charge on any atom is -0.370 e. The summed E-state index contributed by atoms with van der Waals surface area (Å²) in [4.78, 5) is 22.3. The fourth-order valence-electron chi connectivity index (χ4n) is 2.91. The zero-order chi connectivity index (χ0) is 17.1. The average Bonchev–Trinajstić information content (AvgIpc) is 2.87. The Labute approximate surface area is 146 Å². The van der Waals surface area contributed by atoms with Gasteiger partial charge in [0.2, 0.25) is 11.9 Å². The van der Waals surface area contributed by atoms with Gasteiger partial charge in [0.15, 0.2) is 0 Å². The van der Waals surface area contributed by atoms with Crippen LogP contribution >= 0.6 is 11.6 Å². The van der Waals surface area contributed by atoms with Crippen LogP contribution in [0.5, 0.6) is 0 Å². The van der Waals surface area contributed by atoms with E-state index < -0.39 is 0 Å². The maximum Gasteiger partial charge on any atom is 0.223 e. The molecule has 1 aromatic carbocycles. The molecule has 0 spiro atoms. The molecule has 24 heavy (non-hydrogen) atoms. The van der Waals surface area contributed by atoms with Crippen LogP contribution in [0.2, 0.25) is 5.02 Å². The van der Waals surface area contributed by atoms with Crippen LogP contribution in [0.25, 0.3) is 0 Å². The van der Waals surface area contributed by atoms with E-state index in [4.69, 9.17) is 17.3 Å². The zero-order valence-corrected chi connectivity index (χ0v) is 14.3. The number of hydrogen-bond acceptors (Lipinski definition) is 5. The van der Waals surface area contributed by atoms with Crippen LogP contribution in [0, 0.1) is 12.8 Å². The van der Waals surface area contributed by atoms with Crippen LogP contribution in [0.3, 0.4) is 0 Å². The van der Waals surface area contributed by atoms with Crippen LogP contribution in [-0.2, 0) is 11.3 Å². The zero-order valence-electron chi connectivity index (χ0n) is 13.5. The highest BCUT2D eigenvalue weighted by atomic mass is 35.5. The van der Waals surface area contributed by atoms with Crippen LogP contribution < -0.4 is 11.1 Å². The summed E-state index contributed by atoms with van der Waals surface area (Å²) in [5.41, 5.74) is 7.44. The maximum absolute atomic E-state index is 12.2. The van der Waals surface area contributed by atoms with Crippen molar-refractivity contribution in [3.63, 3.8) is 0 Å². The Morgan fingerprint density at radius 1 is 1.38 bits per heavy atom. The Hall–Kier alpha value is -2.34. The van der Waals surface area contributed by atoms with Gasteiger partial charge in [0.1, 0.15) is 5.82 Å². The molecule has 126 valence electrons. The van der Waals surface area contributed by atoms with E-state index in [0.29, 0.717) is 36.9 Å². The third kappa shape index (κ3) is 3.94. The SMILES string of the molecule is Cc1cc(NC[C@H]2CC(=O)N(Cc3ccccc3Cl)C2)nc(N)n1. The second-order valence-electron chi connectivity index (χ2n) is 6.07. The summed E-state index contributed by atoms with van der Waals surface area (Å²) in [5, 5.41) is 3.94. The number of benzene rings is 1. The lowest BCUT2D eigenvalue weighted by Gasteiger charge is -2.18. The van der Waals surface area contributed by atoms with E-state index in [2.05, 4.69) is 15.3 Å². The molecule has 2 heterocycles. The van der Waals surface area contributed by atoms with Gasteiger partial charge in [-0.15, -0.1) is 0 Å². The molecule has 3 rings (SSSR count). The number of hydrogen-bond donors (Lipinski definition) is 2. The summed E-state index contributed by atoms with van der Waals surface area (Å²) in [6.07, 6.45) is 0.525. The van der Waals surface area contributed by atoms with Crippen molar-refractivity contribution in [3.05, 3.63) is 46.6 Å². The van der Waals surface area contributed by atoms with Crippen molar-refractivity contribution < 1.29 is 4.79 Å². The molecule has 2 aromatic rings. The lowest BCUT2D eigenvalue weighted by Crippen LogP contribution is -2.25. The van der Waals surface area contributed by atoms with E-state index in [1.165, 1.54) is 0 Å². The number of anilines is 2. The molecule has 6 nitrogen and oxygen atoms in total. The highest BCUT2D eigenvalue weighted by Crippen LogP contribution is 2.23. The van der Waals surface area contributed by atoms with Crippen molar-refractivity contribution in [3.8, 4) is 0 Å². The average molecular weight is 346 g/mol.